The third-order valence-electron chi connectivity index (χ3n) is 6.73. The molecule has 4 heterocycles. The van der Waals surface area contributed by atoms with Crippen LogP contribution in [0.25, 0.3) is 6.08 Å². The average Bonchev–Trinajstić information content (AvgIpc) is 3.59. The SMILES string of the molecule is Cc1cc(O)c(CN2CCN(Cc3ccc4c(c3)OCO4)CC2)c2c1C(=O)/C(=C/c1cccs1)O2. The van der Waals surface area contributed by atoms with Gasteiger partial charge in [0, 0.05) is 50.2 Å². The van der Waals surface area contributed by atoms with E-state index in [1.54, 1.807) is 23.5 Å². The smallest absolute Gasteiger partial charge is 0.232 e. The van der Waals surface area contributed by atoms with Gasteiger partial charge in [-0.15, -0.1) is 11.3 Å². The Hall–Kier alpha value is -3.33. The number of thiophene rings is 1. The average molecular weight is 491 g/mol. The van der Waals surface area contributed by atoms with Crippen LogP contribution in [-0.4, -0.2) is 53.7 Å². The van der Waals surface area contributed by atoms with Crippen LogP contribution in [0.1, 0.15) is 31.9 Å². The normalized spacial score (nSPS) is 18.8. The predicted molar refractivity (Wildman–Crippen MR) is 133 cm³/mol. The van der Waals surface area contributed by atoms with Gasteiger partial charge in [-0.2, -0.15) is 0 Å². The Morgan fingerprint density at radius 1 is 1.03 bits per heavy atom. The summed E-state index contributed by atoms with van der Waals surface area (Å²) >= 11 is 1.55. The van der Waals surface area contributed by atoms with Gasteiger partial charge >= 0.3 is 0 Å². The molecular formula is C27H26N2O5S. The number of carbonyl (C=O) groups excluding carboxylic acids is 1. The topological polar surface area (TPSA) is 71.5 Å². The molecule has 0 aliphatic carbocycles. The zero-order chi connectivity index (χ0) is 23.9. The highest BCUT2D eigenvalue weighted by molar-refractivity contribution is 7.10. The molecule has 7 nitrogen and oxygen atoms in total. The van der Waals surface area contributed by atoms with Crippen LogP contribution in [0, 0.1) is 6.92 Å². The number of rotatable bonds is 5. The van der Waals surface area contributed by atoms with Crippen molar-refractivity contribution in [2.24, 2.45) is 0 Å². The summed E-state index contributed by atoms with van der Waals surface area (Å²) in [5, 5.41) is 12.7. The fraction of sp³-hybridized carbons (Fsp3) is 0.296. The number of piperazine rings is 1. The largest absolute Gasteiger partial charge is 0.507 e. The van der Waals surface area contributed by atoms with Crippen molar-refractivity contribution in [1.82, 2.24) is 9.80 Å². The summed E-state index contributed by atoms with van der Waals surface area (Å²) < 4.78 is 17.0. The lowest BCUT2D eigenvalue weighted by atomic mass is 9.99. The van der Waals surface area contributed by atoms with Gasteiger partial charge in [0.2, 0.25) is 12.6 Å². The van der Waals surface area contributed by atoms with Crippen LogP contribution >= 0.6 is 11.3 Å². The van der Waals surface area contributed by atoms with E-state index in [0.29, 0.717) is 29.2 Å². The monoisotopic (exact) mass is 490 g/mol. The summed E-state index contributed by atoms with van der Waals surface area (Å²) in [6.45, 7) is 7.05. The minimum atomic E-state index is -0.124. The van der Waals surface area contributed by atoms with Gasteiger partial charge in [-0.3, -0.25) is 14.6 Å². The lowest BCUT2D eigenvalue weighted by molar-refractivity contribution is 0.101. The molecule has 1 N–H and O–H groups in total. The second kappa shape index (κ2) is 9.03. The summed E-state index contributed by atoms with van der Waals surface area (Å²) in [6, 6.07) is 11.7. The van der Waals surface area contributed by atoms with Gasteiger partial charge in [0.05, 0.1) is 11.1 Å². The lowest BCUT2D eigenvalue weighted by Gasteiger charge is -2.35. The number of phenols is 1. The third-order valence-corrected chi connectivity index (χ3v) is 7.55. The predicted octanol–water partition coefficient (Wildman–Crippen LogP) is 4.42. The van der Waals surface area contributed by atoms with E-state index < -0.39 is 0 Å². The number of fused-ring (bicyclic) bond motifs is 2. The fourth-order valence-corrected chi connectivity index (χ4v) is 5.51. The summed E-state index contributed by atoms with van der Waals surface area (Å²) in [4.78, 5) is 18.8. The molecule has 0 amide bonds. The Morgan fingerprint density at radius 2 is 1.80 bits per heavy atom. The van der Waals surface area contributed by atoms with Gasteiger partial charge in [0.1, 0.15) is 11.5 Å². The van der Waals surface area contributed by atoms with E-state index in [4.69, 9.17) is 14.2 Å². The third kappa shape index (κ3) is 4.29. The molecule has 0 saturated carbocycles. The molecule has 0 atom stereocenters. The molecule has 8 heteroatoms. The highest BCUT2D eigenvalue weighted by atomic mass is 32.1. The second-order valence-electron chi connectivity index (χ2n) is 9.09. The van der Waals surface area contributed by atoms with E-state index in [0.717, 1.165) is 54.7 Å². The van der Waals surface area contributed by atoms with Gasteiger partial charge < -0.3 is 19.3 Å². The number of Topliss-reactive ketones (excluding diaryl/α,β-unsaturated/α-hetero) is 1. The standard InChI is InChI=1S/C27H26N2O5S/c1-17-11-21(30)20(27-25(17)26(31)24(34-27)13-19-3-2-10-35-19)15-29-8-6-28(7-9-29)14-18-4-5-22-23(12-18)33-16-32-22/h2-5,10-13,30H,6-9,14-16H2,1H3/b24-13-. The molecule has 1 fully saturated rings. The Labute approximate surface area is 207 Å². The first-order valence-corrected chi connectivity index (χ1v) is 12.6. The number of aryl methyl sites for hydroxylation is 1. The maximum Gasteiger partial charge on any atom is 0.232 e. The van der Waals surface area contributed by atoms with Gasteiger partial charge in [-0.1, -0.05) is 12.1 Å². The van der Waals surface area contributed by atoms with Crippen molar-refractivity contribution in [1.29, 1.82) is 0 Å². The Morgan fingerprint density at radius 3 is 2.57 bits per heavy atom. The Bertz CT molecular complexity index is 1310. The van der Waals surface area contributed by atoms with E-state index in [9.17, 15) is 9.90 Å². The molecular weight excluding hydrogens is 464 g/mol. The molecule has 0 spiro atoms. The van der Waals surface area contributed by atoms with Crippen LogP contribution in [-0.2, 0) is 13.1 Å². The van der Waals surface area contributed by atoms with Gasteiger partial charge in [0.25, 0.3) is 0 Å². The van der Waals surface area contributed by atoms with E-state index in [1.165, 1.54) is 5.56 Å². The number of carbonyl (C=O) groups is 1. The number of nitrogens with zero attached hydrogens (tertiary/aromatic N) is 2. The number of phenolic OH excluding ortho intramolecular Hbond substituents is 1. The number of hydrogen-bond donors (Lipinski definition) is 1. The zero-order valence-corrected chi connectivity index (χ0v) is 20.3. The highest BCUT2D eigenvalue weighted by Crippen LogP contribution is 2.42. The number of ether oxygens (including phenoxy) is 3. The molecule has 3 aromatic rings. The van der Waals surface area contributed by atoms with Crippen LogP contribution in [0.15, 0.2) is 47.5 Å². The van der Waals surface area contributed by atoms with Crippen molar-refractivity contribution in [3.63, 3.8) is 0 Å². The maximum atomic E-state index is 13.1. The molecule has 0 unspecified atom stereocenters. The highest BCUT2D eigenvalue weighted by Gasteiger charge is 2.34. The lowest BCUT2D eigenvalue weighted by Crippen LogP contribution is -2.45. The van der Waals surface area contributed by atoms with Crippen molar-refractivity contribution >= 4 is 23.2 Å². The Balaban J connectivity index is 1.14. The first-order chi connectivity index (χ1) is 17.0. The summed E-state index contributed by atoms with van der Waals surface area (Å²) in [7, 11) is 0. The number of ketones is 1. The summed E-state index contributed by atoms with van der Waals surface area (Å²) in [6.07, 6.45) is 1.78. The molecule has 180 valence electrons. The maximum absolute atomic E-state index is 13.1. The summed E-state index contributed by atoms with van der Waals surface area (Å²) in [5.41, 5.74) is 3.17. The molecule has 3 aliphatic heterocycles. The number of aromatic hydroxyl groups is 1. The Kier molecular flexibility index (Phi) is 5.72. The van der Waals surface area contributed by atoms with Gasteiger partial charge in [0.15, 0.2) is 17.3 Å². The van der Waals surface area contributed by atoms with E-state index in [2.05, 4.69) is 21.9 Å². The second-order valence-corrected chi connectivity index (χ2v) is 10.1. The first-order valence-electron chi connectivity index (χ1n) is 11.7. The molecule has 1 saturated heterocycles. The van der Waals surface area contributed by atoms with Crippen LogP contribution in [0.3, 0.4) is 0 Å². The van der Waals surface area contributed by atoms with Gasteiger partial charge in [-0.05, 0) is 47.7 Å². The molecule has 0 bridgehead atoms. The summed E-state index contributed by atoms with van der Waals surface area (Å²) in [5.74, 6) is 2.48. The minimum absolute atomic E-state index is 0.124. The van der Waals surface area contributed by atoms with E-state index in [1.807, 2.05) is 30.5 Å². The molecule has 0 radical (unpaired) electrons. The van der Waals surface area contributed by atoms with Crippen LogP contribution in [0.5, 0.6) is 23.0 Å². The first kappa shape index (κ1) is 22.2. The van der Waals surface area contributed by atoms with Crippen LogP contribution in [0.2, 0.25) is 0 Å². The van der Waals surface area contributed by atoms with Crippen molar-refractivity contribution in [3.8, 4) is 23.0 Å². The fourth-order valence-electron chi connectivity index (χ4n) is 4.86. The number of hydrogen-bond acceptors (Lipinski definition) is 8. The number of allylic oxidation sites excluding steroid dienone is 1. The number of benzene rings is 2. The van der Waals surface area contributed by atoms with Crippen molar-refractivity contribution in [2.45, 2.75) is 20.0 Å². The molecule has 35 heavy (non-hydrogen) atoms. The van der Waals surface area contributed by atoms with Crippen molar-refractivity contribution in [2.75, 3.05) is 33.0 Å². The van der Waals surface area contributed by atoms with Crippen LogP contribution in [0.4, 0.5) is 0 Å². The van der Waals surface area contributed by atoms with Crippen LogP contribution < -0.4 is 14.2 Å². The van der Waals surface area contributed by atoms with E-state index in [-0.39, 0.29) is 18.3 Å². The zero-order valence-electron chi connectivity index (χ0n) is 19.5. The molecule has 1 aromatic heterocycles. The van der Waals surface area contributed by atoms with Crippen molar-refractivity contribution < 1.29 is 24.1 Å². The van der Waals surface area contributed by atoms with Crippen molar-refractivity contribution in [3.05, 3.63) is 74.7 Å². The molecule has 6 rings (SSSR count). The van der Waals surface area contributed by atoms with E-state index >= 15 is 0 Å². The van der Waals surface area contributed by atoms with Gasteiger partial charge in [-0.25, -0.2) is 0 Å². The molecule has 3 aliphatic rings. The minimum Gasteiger partial charge on any atom is -0.507 e. The molecule has 2 aromatic carbocycles. The quantitative estimate of drug-likeness (QED) is 0.531.